The molecule has 2 heterocycles. The number of guanidine groups is 1. The Morgan fingerprint density at radius 1 is 1.27 bits per heavy atom. The molecule has 6 nitrogen and oxygen atoms in total. The molecule has 0 radical (unpaired) electrons. The summed E-state index contributed by atoms with van der Waals surface area (Å²) < 4.78 is 10.7. The Labute approximate surface area is 157 Å². The van der Waals surface area contributed by atoms with Crippen LogP contribution in [-0.4, -0.2) is 37.5 Å². The van der Waals surface area contributed by atoms with Gasteiger partial charge in [-0.2, -0.15) is 0 Å². The quantitative estimate of drug-likeness (QED) is 0.512. The number of nitrogens with zero attached hydrogens (tertiary/aromatic N) is 1. The SMILES string of the molecule is CCNC(=NCC(C)(O)c1cccs1)NCCc1ccc2c(c1)OCO2. The van der Waals surface area contributed by atoms with Crippen LogP contribution < -0.4 is 20.1 Å². The molecule has 1 atom stereocenters. The molecular formula is C19H25N3O3S. The molecule has 1 aliphatic rings. The average Bonchev–Trinajstić information content (AvgIpc) is 3.31. The topological polar surface area (TPSA) is 75.1 Å². The first-order valence-corrected chi connectivity index (χ1v) is 9.63. The Balaban J connectivity index is 1.54. The predicted octanol–water partition coefficient (Wildman–Crippen LogP) is 2.48. The highest BCUT2D eigenvalue weighted by molar-refractivity contribution is 7.10. The molecule has 0 saturated carbocycles. The minimum Gasteiger partial charge on any atom is -0.454 e. The molecule has 7 heteroatoms. The van der Waals surface area contributed by atoms with E-state index in [1.807, 2.05) is 42.6 Å². The third-order valence-electron chi connectivity index (χ3n) is 4.08. The Morgan fingerprint density at radius 2 is 2.12 bits per heavy atom. The standard InChI is InChI=1S/C19H25N3O3S/c1-3-20-18(22-12-19(2,23)17-5-4-10-26-17)21-9-8-14-6-7-15-16(11-14)25-13-24-15/h4-7,10-11,23H,3,8-9,12-13H2,1-2H3,(H2,20,21,22). The van der Waals surface area contributed by atoms with E-state index in [0.717, 1.165) is 35.9 Å². The zero-order valence-corrected chi connectivity index (χ0v) is 15.9. The van der Waals surface area contributed by atoms with Crippen molar-refractivity contribution in [2.45, 2.75) is 25.9 Å². The lowest BCUT2D eigenvalue weighted by atomic mass is 10.1. The van der Waals surface area contributed by atoms with Gasteiger partial charge in [0.05, 0.1) is 6.54 Å². The fraction of sp³-hybridized carbons (Fsp3) is 0.421. The molecule has 140 valence electrons. The molecule has 0 saturated heterocycles. The zero-order chi connectivity index (χ0) is 18.4. The Bertz CT molecular complexity index is 744. The van der Waals surface area contributed by atoms with Gasteiger partial charge in [-0.05, 0) is 49.4 Å². The van der Waals surface area contributed by atoms with Crippen LogP contribution in [-0.2, 0) is 12.0 Å². The molecule has 0 bridgehead atoms. The van der Waals surface area contributed by atoms with Gasteiger partial charge in [0.1, 0.15) is 5.60 Å². The molecule has 3 N–H and O–H groups in total. The summed E-state index contributed by atoms with van der Waals surface area (Å²) in [7, 11) is 0. The molecular weight excluding hydrogens is 350 g/mol. The molecule has 0 aliphatic carbocycles. The number of benzene rings is 1. The van der Waals surface area contributed by atoms with Crippen molar-refractivity contribution in [2.24, 2.45) is 4.99 Å². The van der Waals surface area contributed by atoms with Gasteiger partial charge in [-0.25, -0.2) is 4.99 Å². The van der Waals surface area contributed by atoms with Gasteiger partial charge in [-0.3, -0.25) is 0 Å². The summed E-state index contributed by atoms with van der Waals surface area (Å²) in [6, 6.07) is 9.86. The van der Waals surface area contributed by atoms with Gasteiger partial charge in [0.2, 0.25) is 6.79 Å². The number of ether oxygens (including phenoxy) is 2. The number of hydrogen-bond acceptors (Lipinski definition) is 5. The second-order valence-corrected chi connectivity index (χ2v) is 7.26. The van der Waals surface area contributed by atoms with Gasteiger partial charge in [-0.1, -0.05) is 12.1 Å². The Hall–Kier alpha value is -2.25. The van der Waals surface area contributed by atoms with Gasteiger partial charge in [0.15, 0.2) is 17.5 Å². The zero-order valence-electron chi connectivity index (χ0n) is 15.1. The van der Waals surface area contributed by atoms with Crippen LogP contribution in [0.15, 0.2) is 40.7 Å². The third kappa shape index (κ3) is 4.68. The van der Waals surface area contributed by atoms with Crippen molar-refractivity contribution in [2.75, 3.05) is 26.4 Å². The summed E-state index contributed by atoms with van der Waals surface area (Å²) in [5.74, 6) is 2.30. The van der Waals surface area contributed by atoms with Gasteiger partial charge < -0.3 is 25.2 Å². The van der Waals surface area contributed by atoms with E-state index in [2.05, 4.69) is 15.6 Å². The number of rotatable bonds is 7. The third-order valence-corrected chi connectivity index (χ3v) is 5.21. The second kappa shape index (κ2) is 8.42. The maximum Gasteiger partial charge on any atom is 0.231 e. The summed E-state index contributed by atoms with van der Waals surface area (Å²) in [6.07, 6.45) is 0.836. The highest BCUT2D eigenvalue weighted by Gasteiger charge is 2.24. The first kappa shape index (κ1) is 18.5. The van der Waals surface area contributed by atoms with Crippen molar-refractivity contribution < 1.29 is 14.6 Å². The number of aliphatic imine (C=N–C) groups is 1. The van der Waals surface area contributed by atoms with E-state index in [-0.39, 0.29) is 0 Å². The van der Waals surface area contributed by atoms with Crippen LogP contribution in [0.1, 0.15) is 24.3 Å². The van der Waals surface area contributed by atoms with E-state index >= 15 is 0 Å². The smallest absolute Gasteiger partial charge is 0.231 e. The molecule has 1 aliphatic heterocycles. The summed E-state index contributed by atoms with van der Waals surface area (Å²) >= 11 is 1.54. The van der Waals surface area contributed by atoms with Crippen LogP contribution >= 0.6 is 11.3 Å². The number of aliphatic hydroxyl groups is 1. The van der Waals surface area contributed by atoms with Gasteiger partial charge in [-0.15, -0.1) is 11.3 Å². The maximum atomic E-state index is 10.6. The minimum absolute atomic E-state index is 0.290. The number of fused-ring (bicyclic) bond motifs is 1. The lowest BCUT2D eigenvalue weighted by Crippen LogP contribution is -2.39. The maximum absolute atomic E-state index is 10.6. The normalized spacial score (nSPS) is 15.6. The summed E-state index contributed by atoms with van der Waals surface area (Å²) in [4.78, 5) is 5.45. The van der Waals surface area contributed by atoms with Crippen molar-refractivity contribution in [1.82, 2.24) is 10.6 Å². The fourth-order valence-electron chi connectivity index (χ4n) is 2.66. The highest BCUT2D eigenvalue weighted by Crippen LogP contribution is 2.32. The Kier molecular flexibility index (Phi) is 6.00. The molecule has 26 heavy (non-hydrogen) atoms. The van der Waals surface area contributed by atoms with Crippen LogP contribution in [0.3, 0.4) is 0 Å². The molecule has 0 spiro atoms. The monoisotopic (exact) mass is 375 g/mol. The summed E-state index contributed by atoms with van der Waals surface area (Å²) in [5, 5.41) is 19.1. The highest BCUT2D eigenvalue weighted by atomic mass is 32.1. The molecule has 2 aromatic rings. The van der Waals surface area contributed by atoms with Crippen molar-refractivity contribution in [3.63, 3.8) is 0 Å². The molecule has 0 amide bonds. The molecule has 0 fully saturated rings. The lowest BCUT2D eigenvalue weighted by Gasteiger charge is -2.20. The first-order valence-electron chi connectivity index (χ1n) is 8.75. The van der Waals surface area contributed by atoms with E-state index in [4.69, 9.17) is 9.47 Å². The molecule has 1 unspecified atom stereocenters. The van der Waals surface area contributed by atoms with E-state index in [9.17, 15) is 5.11 Å². The average molecular weight is 375 g/mol. The van der Waals surface area contributed by atoms with Crippen LogP contribution in [0.5, 0.6) is 11.5 Å². The minimum atomic E-state index is -0.964. The summed E-state index contributed by atoms with van der Waals surface area (Å²) in [6.45, 7) is 5.89. The predicted molar refractivity (Wildman–Crippen MR) is 104 cm³/mol. The van der Waals surface area contributed by atoms with Crippen LogP contribution in [0.2, 0.25) is 0 Å². The first-order chi connectivity index (χ1) is 12.6. The lowest BCUT2D eigenvalue weighted by molar-refractivity contribution is 0.0711. The van der Waals surface area contributed by atoms with Crippen LogP contribution in [0.25, 0.3) is 0 Å². The summed E-state index contributed by atoms with van der Waals surface area (Å²) in [5.41, 5.74) is 0.205. The Morgan fingerprint density at radius 3 is 2.88 bits per heavy atom. The van der Waals surface area contributed by atoms with E-state index in [0.29, 0.717) is 19.3 Å². The largest absolute Gasteiger partial charge is 0.454 e. The molecule has 3 rings (SSSR count). The van der Waals surface area contributed by atoms with Crippen molar-refractivity contribution >= 4 is 17.3 Å². The molecule has 1 aromatic heterocycles. The number of hydrogen-bond donors (Lipinski definition) is 3. The second-order valence-electron chi connectivity index (χ2n) is 6.31. The van der Waals surface area contributed by atoms with Crippen molar-refractivity contribution in [3.05, 3.63) is 46.2 Å². The van der Waals surface area contributed by atoms with E-state index in [1.54, 1.807) is 6.92 Å². The van der Waals surface area contributed by atoms with Gasteiger partial charge in [0.25, 0.3) is 0 Å². The molecule has 1 aromatic carbocycles. The van der Waals surface area contributed by atoms with E-state index in [1.165, 1.54) is 16.9 Å². The van der Waals surface area contributed by atoms with Gasteiger partial charge in [0, 0.05) is 18.0 Å². The number of thiophene rings is 1. The van der Waals surface area contributed by atoms with Gasteiger partial charge >= 0.3 is 0 Å². The number of nitrogens with one attached hydrogen (secondary N) is 2. The van der Waals surface area contributed by atoms with Crippen LogP contribution in [0, 0.1) is 0 Å². The van der Waals surface area contributed by atoms with Crippen molar-refractivity contribution in [3.8, 4) is 11.5 Å². The fourth-order valence-corrected chi connectivity index (χ4v) is 3.44. The van der Waals surface area contributed by atoms with E-state index < -0.39 is 5.60 Å². The van der Waals surface area contributed by atoms with Crippen LogP contribution in [0.4, 0.5) is 0 Å². The van der Waals surface area contributed by atoms with Crippen molar-refractivity contribution in [1.29, 1.82) is 0 Å².